The number of rotatable bonds is 20. The van der Waals surface area contributed by atoms with Crippen LogP contribution in [-0.2, 0) is 48.1 Å². The van der Waals surface area contributed by atoms with Gasteiger partial charge in [0.1, 0.15) is 11.5 Å². The summed E-state index contributed by atoms with van der Waals surface area (Å²) in [6.45, 7) is 16.9. The molecule has 0 aliphatic heterocycles. The highest BCUT2D eigenvalue weighted by Gasteiger charge is 2.23. The summed E-state index contributed by atoms with van der Waals surface area (Å²) in [6, 6.07) is 7.90. The molecule has 0 amide bonds. The number of benzene rings is 2. The minimum atomic E-state index is -0.829. The molecule has 0 aromatic heterocycles. The van der Waals surface area contributed by atoms with Gasteiger partial charge in [0.15, 0.2) is 0 Å². The lowest BCUT2D eigenvalue weighted by Gasteiger charge is -2.19. The summed E-state index contributed by atoms with van der Waals surface area (Å²) in [5, 5.41) is 41.8. The highest BCUT2D eigenvalue weighted by atomic mass is 32.2. The molecule has 0 fully saturated rings. The van der Waals surface area contributed by atoms with Crippen molar-refractivity contribution >= 4 is 23.7 Å². The summed E-state index contributed by atoms with van der Waals surface area (Å²) in [5.41, 5.74) is 5.45. The summed E-state index contributed by atoms with van der Waals surface area (Å²) < 4.78 is 0. The minimum Gasteiger partial charge on any atom is -0.507 e. The van der Waals surface area contributed by atoms with Crippen molar-refractivity contribution in [2.45, 2.75) is 107 Å². The van der Waals surface area contributed by atoms with Crippen LogP contribution in [0.2, 0.25) is 0 Å². The summed E-state index contributed by atoms with van der Waals surface area (Å²) in [6.07, 6.45) is 4.76. The average Bonchev–Trinajstić information content (AvgIpc) is 2.90. The maximum absolute atomic E-state index is 12.2. The van der Waals surface area contributed by atoms with Gasteiger partial charge >= 0.3 is 11.9 Å². The third-order valence-electron chi connectivity index (χ3n) is 8.05. The van der Waals surface area contributed by atoms with Crippen LogP contribution < -0.4 is 0 Å². The zero-order chi connectivity index (χ0) is 33.8. The Morgan fingerprint density at radius 2 is 0.800 bits per heavy atom. The van der Waals surface area contributed by atoms with Crippen LogP contribution in [0, 0.1) is 35.5 Å². The highest BCUT2D eigenvalue weighted by Crippen LogP contribution is 2.32. The number of aromatic hydroxyl groups is 2. The minimum absolute atomic E-state index is 0.344. The summed E-state index contributed by atoms with van der Waals surface area (Å²) in [4.78, 5) is 24.4. The number of aliphatic carboxylic acids is 2. The summed E-state index contributed by atoms with van der Waals surface area (Å²) >= 11 is 1.61. The van der Waals surface area contributed by atoms with E-state index in [1.807, 2.05) is 24.3 Å². The number of hydrogen-bond acceptors (Lipinski definition) is 5. The molecule has 7 heteroatoms. The van der Waals surface area contributed by atoms with E-state index >= 15 is 0 Å². The maximum atomic E-state index is 12.2. The van der Waals surface area contributed by atoms with Crippen molar-refractivity contribution in [1.29, 1.82) is 0 Å². The Hall–Kier alpha value is -2.67. The van der Waals surface area contributed by atoms with Gasteiger partial charge in [-0.2, -0.15) is 11.8 Å². The molecular formula is C38H58O6S. The molecule has 2 aromatic carbocycles. The number of carboxylic acids is 2. The zero-order valence-corrected chi connectivity index (χ0v) is 29.7. The fraction of sp³-hybridized carbons (Fsp3) is 0.632. The largest absolute Gasteiger partial charge is 0.507 e. The molecule has 6 nitrogen and oxygen atoms in total. The van der Waals surface area contributed by atoms with E-state index in [2.05, 4.69) is 55.4 Å². The first kappa shape index (κ1) is 38.5. The van der Waals surface area contributed by atoms with E-state index in [-0.39, 0.29) is 0 Å². The van der Waals surface area contributed by atoms with Gasteiger partial charge in [-0.1, -0.05) is 79.7 Å². The quantitative estimate of drug-likeness (QED) is 0.107. The Bertz CT molecular complexity index is 1090. The summed E-state index contributed by atoms with van der Waals surface area (Å²) in [7, 11) is 0. The second-order valence-electron chi connectivity index (χ2n) is 14.6. The highest BCUT2D eigenvalue weighted by molar-refractivity contribution is 7.99. The van der Waals surface area contributed by atoms with E-state index in [0.29, 0.717) is 72.4 Å². The molecule has 2 rings (SSSR count). The van der Waals surface area contributed by atoms with Gasteiger partial charge < -0.3 is 20.4 Å². The lowest BCUT2D eigenvalue weighted by atomic mass is 9.89. The average molecular weight is 643 g/mol. The molecule has 0 heterocycles. The molecule has 0 saturated carbocycles. The Morgan fingerprint density at radius 1 is 0.533 bits per heavy atom. The van der Waals surface area contributed by atoms with Gasteiger partial charge in [-0.25, -0.2) is 0 Å². The van der Waals surface area contributed by atoms with Crippen LogP contribution in [0.25, 0.3) is 0 Å². The molecule has 2 atom stereocenters. The molecule has 0 saturated heterocycles. The maximum Gasteiger partial charge on any atom is 0.306 e. The molecule has 2 aromatic rings. The molecular weight excluding hydrogens is 584 g/mol. The van der Waals surface area contributed by atoms with Crippen LogP contribution in [0.1, 0.15) is 102 Å². The first-order valence-corrected chi connectivity index (χ1v) is 17.9. The van der Waals surface area contributed by atoms with Crippen molar-refractivity contribution in [1.82, 2.24) is 0 Å². The van der Waals surface area contributed by atoms with E-state index in [4.69, 9.17) is 0 Å². The standard InChI is InChI=1S/C38H58O6S/c1-23(2)13-31-19-27(20-32(35(31)39)14-24(3)4)17-29(37(41)42)9-11-45-12-10-30(38(43)44)18-28-21-33(15-25(5)6)36(40)34(22-28)16-26(7)8/h19-26,29-30,39-40H,9-18H2,1-8H3,(H,41,42)(H,43,44). The van der Waals surface area contributed by atoms with E-state index in [9.17, 15) is 30.0 Å². The number of phenolic OH excluding ortho intramolecular Hbond substituents is 2. The third-order valence-corrected chi connectivity index (χ3v) is 9.10. The molecule has 0 spiro atoms. The zero-order valence-electron chi connectivity index (χ0n) is 28.9. The first-order chi connectivity index (χ1) is 21.1. The van der Waals surface area contributed by atoms with Crippen molar-refractivity contribution in [2.75, 3.05) is 11.5 Å². The third kappa shape index (κ3) is 13.3. The second-order valence-corrected chi connectivity index (χ2v) is 15.8. The first-order valence-electron chi connectivity index (χ1n) is 16.8. The fourth-order valence-corrected chi connectivity index (χ4v) is 7.14. The molecule has 0 aliphatic carbocycles. The predicted molar refractivity (Wildman–Crippen MR) is 187 cm³/mol. The smallest absolute Gasteiger partial charge is 0.306 e. The lowest BCUT2D eigenvalue weighted by Crippen LogP contribution is -2.19. The molecule has 0 bridgehead atoms. The molecule has 252 valence electrons. The molecule has 45 heavy (non-hydrogen) atoms. The van der Waals surface area contributed by atoms with Crippen molar-refractivity contribution < 1.29 is 30.0 Å². The monoisotopic (exact) mass is 642 g/mol. The van der Waals surface area contributed by atoms with Gasteiger partial charge in [-0.3, -0.25) is 9.59 Å². The number of thioether (sulfide) groups is 1. The molecule has 4 N–H and O–H groups in total. The second kappa shape index (κ2) is 18.5. The van der Waals surface area contributed by atoms with Crippen molar-refractivity contribution in [3.63, 3.8) is 0 Å². The van der Waals surface area contributed by atoms with Gasteiger partial charge in [-0.05, 0) is 120 Å². The summed E-state index contributed by atoms with van der Waals surface area (Å²) in [5.74, 6) is 0.690. The number of carbonyl (C=O) groups is 2. The van der Waals surface area contributed by atoms with Crippen LogP contribution in [0.5, 0.6) is 11.5 Å². The normalized spacial score (nSPS) is 13.2. The van der Waals surface area contributed by atoms with Gasteiger partial charge in [-0.15, -0.1) is 0 Å². The fourth-order valence-electron chi connectivity index (χ4n) is 6.03. The van der Waals surface area contributed by atoms with Crippen LogP contribution in [0.4, 0.5) is 0 Å². The van der Waals surface area contributed by atoms with E-state index < -0.39 is 23.8 Å². The molecule has 0 radical (unpaired) electrons. The predicted octanol–water partition coefficient (Wildman–Crippen LogP) is 8.59. The molecule has 2 unspecified atom stereocenters. The topological polar surface area (TPSA) is 115 Å². The van der Waals surface area contributed by atoms with Crippen LogP contribution in [0.15, 0.2) is 24.3 Å². The van der Waals surface area contributed by atoms with Crippen LogP contribution in [0.3, 0.4) is 0 Å². The number of carboxylic acid groups (broad SMARTS) is 2. The van der Waals surface area contributed by atoms with E-state index in [1.165, 1.54) is 0 Å². The van der Waals surface area contributed by atoms with E-state index in [0.717, 1.165) is 59.1 Å². The van der Waals surface area contributed by atoms with Crippen molar-refractivity contribution in [3.05, 3.63) is 57.6 Å². The van der Waals surface area contributed by atoms with Gasteiger partial charge in [0, 0.05) is 0 Å². The molecule has 0 aliphatic rings. The number of phenols is 2. The van der Waals surface area contributed by atoms with Gasteiger partial charge in [0.25, 0.3) is 0 Å². The van der Waals surface area contributed by atoms with E-state index in [1.54, 1.807) is 11.8 Å². The lowest BCUT2D eigenvalue weighted by molar-refractivity contribution is -0.142. The van der Waals surface area contributed by atoms with Crippen LogP contribution >= 0.6 is 11.8 Å². The Balaban J connectivity index is 2.06. The van der Waals surface area contributed by atoms with Crippen molar-refractivity contribution in [3.8, 4) is 11.5 Å². The van der Waals surface area contributed by atoms with Crippen LogP contribution in [-0.4, -0.2) is 43.9 Å². The Labute approximate surface area is 276 Å². The van der Waals surface area contributed by atoms with Gasteiger partial charge in [0.2, 0.25) is 0 Å². The Kier molecular flexibility index (Phi) is 15.8. The number of hydrogen-bond donors (Lipinski definition) is 4. The Morgan fingerprint density at radius 3 is 1.02 bits per heavy atom. The van der Waals surface area contributed by atoms with Gasteiger partial charge in [0.05, 0.1) is 11.8 Å². The SMILES string of the molecule is CC(C)Cc1cc(CC(CCSCCC(Cc2cc(CC(C)C)c(O)c(CC(C)C)c2)C(=O)O)C(=O)O)cc(CC(C)C)c1O. The van der Waals surface area contributed by atoms with Crippen molar-refractivity contribution in [2.24, 2.45) is 35.5 Å².